The maximum atomic E-state index is 12.9. The number of esters is 1. The smallest absolute Gasteiger partial charge is 0.410 e. The fraction of sp³-hybridized carbons (Fsp3) is 0.542. The van der Waals surface area contributed by atoms with Crippen LogP contribution in [-0.2, 0) is 15.9 Å². The van der Waals surface area contributed by atoms with Crippen LogP contribution in [0.2, 0.25) is 0 Å². The number of ether oxygens (including phenoxy) is 2. The Balaban J connectivity index is 2.13. The van der Waals surface area contributed by atoms with Crippen LogP contribution in [0.1, 0.15) is 79.5 Å². The standard InChI is InChI=1S/C24H34N4O4/c1-14(2)16-8-9-17(15(3)12-16)28-18-10-11-27(23(30)32-24(4,5)6)19(13-25)20(18)21(26-28)22(29)31-7/h8-9,12,14,19H,10-11,13,25H2,1-7H3. The molecular weight excluding hydrogens is 408 g/mol. The Bertz CT molecular complexity index is 1020. The SMILES string of the molecule is COC(=O)c1nn(-c2ccc(C(C)C)cc2C)c2c1C(CN)N(C(=O)OC(C)(C)C)CC2. The highest BCUT2D eigenvalue weighted by Crippen LogP contribution is 2.35. The van der Waals surface area contributed by atoms with Crippen LogP contribution >= 0.6 is 0 Å². The van der Waals surface area contributed by atoms with Gasteiger partial charge in [0.25, 0.3) is 0 Å². The minimum absolute atomic E-state index is 0.132. The maximum Gasteiger partial charge on any atom is 0.410 e. The van der Waals surface area contributed by atoms with Crippen LogP contribution < -0.4 is 5.73 Å². The maximum absolute atomic E-state index is 12.9. The van der Waals surface area contributed by atoms with Crippen molar-refractivity contribution in [1.29, 1.82) is 0 Å². The van der Waals surface area contributed by atoms with Crippen molar-refractivity contribution in [3.8, 4) is 5.69 Å². The van der Waals surface area contributed by atoms with Crippen molar-refractivity contribution in [1.82, 2.24) is 14.7 Å². The van der Waals surface area contributed by atoms with E-state index in [1.807, 2.05) is 33.8 Å². The number of amides is 1. The van der Waals surface area contributed by atoms with Crippen molar-refractivity contribution >= 4 is 12.1 Å². The minimum atomic E-state index is -0.638. The molecule has 1 aromatic heterocycles. The fourth-order valence-electron chi connectivity index (χ4n) is 4.10. The van der Waals surface area contributed by atoms with Gasteiger partial charge >= 0.3 is 12.1 Å². The number of fused-ring (bicyclic) bond motifs is 1. The molecule has 0 aliphatic carbocycles. The number of benzene rings is 1. The number of hydrogen-bond donors (Lipinski definition) is 1. The van der Waals surface area contributed by atoms with E-state index >= 15 is 0 Å². The second-order valence-corrected chi connectivity index (χ2v) is 9.49. The lowest BCUT2D eigenvalue weighted by atomic mass is 9.95. The molecule has 0 saturated carbocycles. The molecule has 8 heteroatoms. The number of aromatic nitrogens is 2. The molecule has 2 aromatic rings. The van der Waals surface area contributed by atoms with Crippen molar-refractivity contribution in [3.05, 3.63) is 46.3 Å². The van der Waals surface area contributed by atoms with Gasteiger partial charge in [0.2, 0.25) is 0 Å². The number of aryl methyl sites for hydroxylation is 1. The monoisotopic (exact) mass is 442 g/mol. The molecule has 2 heterocycles. The van der Waals surface area contributed by atoms with Crippen LogP contribution in [0, 0.1) is 6.92 Å². The van der Waals surface area contributed by atoms with E-state index in [1.165, 1.54) is 12.7 Å². The van der Waals surface area contributed by atoms with E-state index in [0.717, 1.165) is 16.9 Å². The van der Waals surface area contributed by atoms with E-state index in [9.17, 15) is 9.59 Å². The second-order valence-electron chi connectivity index (χ2n) is 9.49. The van der Waals surface area contributed by atoms with Crippen LogP contribution in [0.25, 0.3) is 5.69 Å². The zero-order chi connectivity index (χ0) is 23.8. The van der Waals surface area contributed by atoms with E-state index in [4.69, 9.17) is 15.2 Å². The molecule has 174 valence electrons. The largest absolute Gasteiger partial charge is 0.464 e. The Hall–Kier alpha value is -2.87. The van der Waals surface area contributed by atoms with Crippen LogP contribution in [0.4, 0.5) is 4.79 Å². The molecule has 1 atom stereocenters. The van der Waals surface area contributed by atoms with Gasteiger partial charge in [0.05, 0.1) is 24.5 Å². The quantitative estimate of drug-likeness (QED) is 0.721. The highest BCUT2D eigenvalue weighted by molar-refractivity contribution is 5.90. The van der Waals surface area contributed by atoms with E-state index in [2.05, 4.69) is 31.1 Å². The topological polar surface area (TPSA) is 99.7 Å². The summed E-state index contributed by atoms with van der Waals surface area (Å²) in [5, 5.41) is 4.64. The molecule has 0 radical (unpaired) electrons. The summed E-state index contributed by atoms with van der Waals surface area (Å²) in [4.78, 5) is 27.1. The predicted molar refractivity (Wildman–Crippen MR) is 122 cm³/mol. The highest BCUT2D eigenvalue weighted by Gasteiger charge is 2.39. The molecule has 8 nitrogen and oxygen atoms in total. The van der Waals surface area contributed by atoms with Crippen LogP contribution in [0.15, 0.2) is 18.2 Å². The van der Waals surface area contributed by atoms with Crippen molar-refractivity contribution in [2.45, 2.75) is 65.5 Å². The van der Waals surface area contributed by atoms with Gasteiger partial charge in [0.15, 0.2) is 5.69 Å². The van der Waals surface area contributed by atoms with Gasteiger partial charge < -0.3 is 15.2 Å². The second kappa shape index (κ2) is 8.94. The molecule has 0 saturated heterocycles. The Labute approximate surface area is 189 Å². The molecule has 2 N–H and O–H groups in total. The summed E-state index contributed by atoms with van der Waals surface area (Å²) < 4.78 is 12.4. The normalized spacial score (nSPS) is 16.2. The first-order valence-corrected chi connectivity index (χ1v) is 11.0. The molecule has 0 fully saturated rings. The molecule has 0 spiro atoms. The Morgan fingerprint density at radius 2 is 1.97 bits per heavy atom. The molecule has 1 aliphatic heterocycles. The number of carbonyl (C=O) groups excluding carboxylic acids is 2. The predicted octanol–water partition coefficient (Wildman–Crippen LogP) is 3.88. The van der Waals surface area contributed by atoms with Crippen LogP contribution in [-0.4, -0.2) is 52.5 Å². The Kier molecular flexibility index (Phi) is 6.64. The van der Waals surface area contributed by atoms with Gasteiger partial charge in [-0.25, -0.2) is 14.3 Å². The third-order valence-corrected chi connectivity index (χ3v) is 5.67. The van der Waals surface area contributed by atoms with Gasteiger partial charge in [0.1, 0.15) is 5.60 Å². The van der Waals surface area contributed by atoms with E-state index in [-0.39, 0.29) is 12.2 Å². The van der Waals surface area contributed by atoms with Crippen LogP contribution in [0.3, 0.4) is 0 Å². The lowest BCUT2D eigenvalue weighted by Crippen LogP contribution is -2.46. The first-order chi connectivity index (χ1) is 15.0. The zero-order valence-electron chi connectivity index (χ0n) is 20.1. The molecular formula is C24H34N4O4. The van der Waals surface area contributed by atoms with Gasteiger partial charge in [-0.15, -0.1) is 0 Å². The van der Waals surface area contributed by atoms with Crippen molar-refractivity contribution in [2.24, 2.45) is 5.73 Å². The summed E-state index contributed by atoms with van der Waals surface area (Å²) in [7, 11) is 1.32. The van der Waals surface area contributed by atoms with Crippen LogP contribution in [0.5, 0.6) is 0 Å². The average molecular weight is 443 g/mol. The molecule has 1 aliphatic rings. The van der Waals surface area contributed by atoms with Gasteiger partial charge in [-0.3, -0.25) is 4.90 Å². The Morgan fingerprint density at radius 3 is 2.50 bits per heavy atom. The fourth-order valence-corrected chi connectivity index (χ4v) is 4.10. The van der Waals surface area contributed by atoms with Crippen molar-refractivity contribution < 1.29 is 19.1 Å². The van der Waals surface area contributed by atoms with Gasteiger partial charge in [-0.1, -0.05) is 26.0 Å². The lowest BCUT2D eigenvalue weighted by molar-refractivity contribution is 0.0145. The summed E-state index contributed by atoms with van der Waals surface area (Å²) in [6.07, 6.45) is 0.0557. The molecule has 3 rings (SSSR count). The molecule has 1 aromatic carbocycles. The molecule has 1 amide bonds. The zero-order valence-corrected chi connectivity index (χ0v) is 20.1. The van der Waals surface area contributed by atoms with Gasteiger partial charge in [-0.2, -0.15) is 5.10 Å². The van der Waals surface area contributed by atoms with Crippen molar-refractivity contribution in [3.63, 3.8) is 0 Å². The molecule has 32 heavy (non-hydrogen) atoms. The number of methoxy groups -OCH3 is 1. The summed E-state index contributed by atoms with van der Waals surface area (Å²) in [6.45, 7) is 12.3. The number of nitrogens with two attached hydrogens (primary N) is 1. The Morgan fingerprint density at radius 1 is 1.28 bits per heavy atom. The van der Waals surface area contributed by atoms with E-state index in [0.29, 0.717) is 24.4 Å². The van der Waals surface area contributed by atoms with E-state index in [1.54, 1.807) is 9.58 Å². The van der Waals surface area contributed by atoms with Gasteiger partial charge in [0, 0.05) is 25.1 Å². The third kappa shape index (κ3) is 4.50. The number of hydrogen-bond acceptors (Lipinski definition) is 6. The highest BCUT2D eigenvalue weighted by atomic mass is 16.6. The van der Waals surface area contributed by atoms with Crippen molar-refractivity contribution in [2.75, 3.05) is 20.2 Å². The van der Waals surface area contributed by atoms with Gasteiger partial charge in [-0.05, 0) is 50.8 Å². The summed E-state index contributed by atoms with van der Waals surface area (Å²) in [5.74, 6) is -0.148. The number of rotatable bonds is 4. The summed E-state index contributed by atoms with van der Waals surface area (Å²) >= 11 is 0. The average Bonchev–Trinajstić information content (AvgIpc) is 3.10. The first-order valence-electron chi connectivity index (χ1n) is 11.0. The minimum Gasteiger partial charge on any atom is -0.464 e. The molecule has 1 unspecified atom stereocenters. The molecule has 0 bridgehead atoms. The summed E-state index contributed by atoms with van der Waals surface area (Å²) in [5.41, 5.74) is 10.3. The first kappa shape index (κ1) is 23.8. The lowest BCUT2D eigenvalue weighted by Gasteiger charge is -2.36. The summed E-state index contributed by atoms with van der Waals surface area (Å²) in [6, 6.07) is 5.71. The number of carbonyl (C=O) groups is 2. The van der Waals surface area contributed by atoms with E-state index < -0.39 is 23.7 Å². The number of nitrogens with zero attached hydrogens (tertiary/aromatic N) is 3. The third-order valence-electron chi connectivity index (χ3n) is 5.67.